The van der Waals surface area contributed by atoms with Crippen molar-refractivity contribution in [2.45, 2.75) is 26.0 Å². The number of likely N-dealkylation sites (tertiary alicyclic amines) is 1. The van der Waals surface area contributed by atoms with Gasteiger partial charge in [0, 0.05) is 18.1 Å². The van der Waals surface area contributed by atoms with E-state index < -0.39 is 5.76 Å². The predicted molar refractivity (Wildman–Crippen MR) is 120 cm³/mol. The first-order chi connectivity index (χ1) is 15.6. The minimum absolute atomic E-state index is 0.0000755. The molecular weight excluding hydrogens is 432 g/mol. The molecular formula is C23H25ClN4O4. The number of hydrogen-bond acceptors (Lipinski definition) is 6. The summed E-state index contributed by atoms with van der Waals surface area (Å²) in [6.45, 7) is 3.41. The summed E-state index contributed by atoms with van der Waals surface area (Å²) < 4.78 is 10.1. The number of halogens is 1. The quantitative estimate of drug-likeness (QED) is 0.539. The number of aromatic amines is 1. The SMILES string of the molecule is O=C(NCC1CCN(Cc2ccccc2Cl)CC1)c1ccccc1OCc1noc(=O)[nH]1. The maximum Gasteiger partial charge on any atom is 0.439 e. The standard InChI is InChI=1S/C23H25ClN4O4/c24-19-7-3-1-5-17(19)14-28-11-9-16(10-12-28)13-25-22(29)18-6-2-4-8-20(18)31-15-21-26-23(30)32-27-21/h1-8,16H,9-15H2,(H,25,29)(H,26,27,30). The molecule has 1 saturated heterocycles. The van der Waals surface area contributed by atoms with Crippen LogP contribution in [0.1, 0.15) is 34.6 Å². The Balaban J connectivity index is 1.25. The van der Waals surface area contributed by atoms with Crippen LogP contribution in [0.25, 0.3) is 0 Å². The number of carbonyl (C=O) groups excluding carboxylic acids is 1. The summed E-state index contributed by atoms with van der Waals surface area (Å²) in [4.78, 5) is 28.6. The molecule has 3 aromatic rings. The number of rotatable bonds is 8. The van der Waals surface area contributed by atoms with Gasteiger partial charge in [0.05, 0.1) is 5.56 Å². The smallest absolute Gasteiger partial charge is 0.439 e. The molecule has 0 radical (unpaired) electrons. The molecule has 0 atom stereocenters. The van der Waals surface area contributed by atoms with E-state index in [4.69, 9.17) is 16.3 Å². The fourth-order valence-electron chi connectivity index (χ4n) is 3.80. The van der Waals surface area contributed by atoms with Gasteiger partial charge in [-0.3, -0.25) is 19.2 Å². The summed E-state index contributed by atoms with van der Waals surface area (Å²) in [5.74, 6) is 0.271. The van der Waals surface area contributed by atoms with Gasteiger partial charge in [0.15, 0.2) is 5.82 Å². The summed E-state index contributed by atoms with van der Waals surface area (Å²) in [5.41, 5.74) is 1.58. The minimum atomic E-state index is -0.646. The van der Waals surface area contributed by atoms with Crippen molar-refractivity contribution >= 4 is 17.5 Å². The molecule has 2 aromatic carbocycles. The highest BCUT2D eigenvalue weighted by Gasteiger charge is 2.21. The highest BCUT2D eigenvalue weighted by molar-refractivity contribution is 6.31. The summed E-state index contributed by atoms with van der Waals surface area (Å²) in [6, 6.07) is 14.9. The number of para-hydroxylation sites is 1. The number of H-pyrrole nitrogens is 1. The average molecular weight is 457 g/mol. The van der Waals surface area contributed by atoms with Crippen molar-refractivity contribution in [1.29, 1.82) is 0 Å². The molecule has 32 heavy (non-hydrogen) atoms. The van der Waals surface area contributed by atoms with Gasteiger partial charge in [0.25, 0.3) is 5.91 Å². The molecule has 0 spiro atoms. The third kappa shape index (κ3) is 5.77. The van der Waals surface area contributed by atoms with Gasteiger partial charge in [-0.2, -0.15) is 0 Å². The fourth-order valence-corrected chi connectivity index (χ4v) is 3.99. The van der Waals surface area contributed by atoms with Crippen LogP contribution >= 0.6 is 11.6 Å². The molecule has 0 unspecified atom stereocenters. The van der Waals surface area contributed by atoms with Crippen LogP contribution in [0.5, 0.6) is 5.75 Å². The fraction of sp³-hybridized carbons (Fsp3) is 0.348. The third-order valence-corrected chi connectivity index (χ3v) is 5.96. The number of piperidine rings is 1. The van der Waals surface area contributed by atoms with E-state index in [-0.39, 0.29) is 18.3 Å². The summed E-state index contributed by atoms with van der Waals surface area (Å²) in [5, 5.41) is 7.40. The average Bonchev–Trinajstić information content (AvgIpc) is 3.24. The Hall–Kier alpha value is -3.10. The number of ether oxygens (including phenoxy) is 1. The minimum Gasteiger partial charge on any atom is -0.485 e. The van der Waals surface area contributed by atoms with Crippen LogP contribution in [0.15, 0.2) is 57.8 Å². The molecule has 4 rings (SSSR count). The highest BCUT2D eigenvalue weighted by atomic mass is 35.5. The number of nitrogens with zero attached hydrogens (tertiary/aromatic N) is 2. The lowest BCUT2D eigenvalue weighted by Gasteiger charge is -2.32. The molecule has 1 amide bonds. The number of nitrogens with one attached hydrogen (secondary N) is 2. The molecule has 1 aliphatic rings. The lowest BCUT2D eigenvalue weighted by molar-refractivity contribution is 0.0930. The first-order valence-electron chi connectivity index (χ1n) is 10.6. The first kappa shape index (κ1) is 22.1. The van der Waals surface area contributed by atoms with Crippen LogP contribution in [0.4, 0.5) is 0 Å². The highest BCUT2D eigenvalue weighted by Crippen LogP contribution is 2.23. The normalized spacial score (nSPS) is 14.9. The van der Waals surface area contributed by atoms with E-state index in [2.05, 4.69) is 30.9 Å². The zero-order valence-electron chi connectivity index (χ0n) is 17.6. The van der Waals surface area contributed by atoms with E-state index in [9.17, 15) is 9.59 Å². The van der Waals surface area contributed by atoms with Crippen LogP contribution in [-0.2, 0) is 13.2 Å². The van der Waals surface area contributed by atoms with Gasteiger partial charge in [0.2, 0.25) is 0 Å². The van der Waals surface area contributed by atoms with E-state index >= 15 is 0 Å². The van der Waals surface area contributed by atoms with E-state index in [1.165, 1.54) is 0 Å². The van der Waals surface area contributed by atoms with Gasteiger partial charge in [-0.15, -0.1) is 0 Å². The number of amides is 1. The third-order valence-electron chi connectivity index (χ3n) is 5.59. The van der Waals surface area contributed by atoms with Crippen LogP contribution in [0.2, 0.25) is 5.02 Å². The Bertz CT molecular complexity index is 1100. The molecule has 1 aromatic heterocycles. The van der Waals surface area contributed by atoms with Gasteiger partial charge < -0.3 is 10.1 Å². The zero-order chi connectivity index (χ0) is 22.3. The Morgan fingerprint density at radius 3 is 2.69 bits per heavy atom. The summed E-state index contributed by atoms with van der Waals surface area (Å²) >= 11 is 6.28. The van der Waals surface area contributed by atoms with E-state index in [1.807, 2.05) is 18.2 Å². The second-order valence-corrected chi connectivity index (χ2v) is 8.25. The van der Waals surface area contributed by atoms with Crippen LogP contribution in [-0.4, -0.2) is 40.6 Å². The van der Waals surface area contributed by atoms with Gasteiger partial charge in [-0.25, -0.2) is 4.79 Å². The van der Waals surface area contributed by atoms with Crippen molar-refractivity contribution in [3.8, 4) is 5.75 Å². The Kier molecular flexibility index (Phi) is 7.24. The van der Waals surface area contributed by atoms with Crippen molar-refractivity contribution in [3.63, 3.8) is 0 Å². The molecule has 2 N–H and O–H groups in total. The molecule has 8 nitrogen and oxygen atoms in total. The van der Waals surface area contributed by atoms with Gasteiger partial charge in [0.1, 0.15) is 12.4 Å². The number of benzene rings is 2. The van der Waals surface area contributed by atoms with E-state index in [1.54, 1.807) is 24.3 Å². The molecule has 1 fully saturated rings. The van der Waals surface area contributed by atoms with Gasteiger partial charge in [-0.1, -0.05) is 47.1 Å². The summed E-state index contributed by atoms with van der Waals surface area (Å²) in [7, 11) is 0. The second kappa shape index (κ2) is 10.5. The Morgan fingerprint density at radius 2 is 1.94 bits per heavy atom. The van der Waals surface area contributed by atoms with Crippen molar-refractivity contribution in [3.05, 3.63) is 81.1 Å². The zero-order valence-corrected chi connectivity index (χ0v) is 18.3. The van der Waals surface area contributed by atoms with Crippen LogP contribution < -0.4 is 15.8 Å². The predicted octanol–water partition coefficient (Wildman–Crippen LogP) is 3.24. The molecule has 9 heteroatoms. The van der Waals surface area contributed by atoms with E-state index in [0.29, 0.717) is 23.8 Å². The van der Waals surface area contributed by atoms with Crippen molar-refractivity contribution in [1.82, 2.24) is 20.4 Å². The summed E-state index contributed by atoms with van der Waals surface area (Å²) in [6.07, 6.45) is 2.03. The van der Waals surface area contributed by atoms with Crippen molar-refractivity contribution < 1.29 is 14.1 Å². The van der Waals surface area contributed by atoms with Crippen LogP contribution in [0, 0.1) is 5.92 Å². The number of hydrogen-bond donors (Lipinski definition) is 2. The first-order valence-corrected chi connectivity index (χ1v) is 11.0. The molecule has 0 aliphatic carbocycles. The Labute approximate surface area is 190 Å². The number of aromatic nitrogens is 2. The lowest BCUT2D eigenvalue weighted by Crippen LogP contribution is -2.38. The topological polar surface area (TPSA) is 100 Å². The maximum absolute atomic E-state index is 12.8. The van der Waals surface area contributed by atoms with Gasteiger partial charge >= 0.3 is 5.76 Å². The van der Waals surface area contributed by atoms with Crippen molar-refractivity contribution in [2.24, 2.45) is 5.92 Å². The Morgan fingerprint density at radius 1 is 1.19 bits per heavy atom. The second-order valence-electron chi connectivity index (χ2n) is 7.85. The molecule has 2 heterocycles. The van der Waals surface area contributed by atoms with E-state index in [0.717, 1.165) is 43.1 Å². The molecule has 0 saturated carbocycles. The number of carbonyl (C=O) groups is 1. The monoisotopic (exact) mass is 456 g/mol. The van der Waals surface area contributed by atoms with Gasteiger partial charge in [-0.05, 0) is 55.6 Å². The largest absolute Gasteiger partial charge is 0.485 e. The maximum atomic E-state index is 12.8. The molecule has 1 aliphatic heterocycles. The van der Waals surface area contributed by atoms with Crippen LogP contribution in [0.3, 0.4) is 0 Å². The molecule has 0 bridgehead atoms. The molecule has 168 valence electrons. The lowest BCUT2D eigenvalue weighted by atomic mass is 9.96. The van der Waals surface area contributed by atoms with Crippen molar-refractivity contribution in [2.75, 3.05) is 19.6 Å².